The first-order valence-corrected chi connectivity index (χ1v) is 7.59. The summed E-state index contributed by atoms with van der Waals surface area (Å²) in [5, 5.41) is 3.15. The Hall–Kier alpha value is -0.580. The molecule has 1 aliphatic rings. The summed E-state index contributed by atoms with van der Waals surface area (Å²) >= 11 is 3.57. The quantitative estimate of drug-likeness (QED) is 0.900. The standard InChI is InChI=1S/C15H22BrNO2/c1-10-6-14(7-11(2)15(10)16)18-9-13-5-4-12(19-13)8-17-3/h6-7,12-13,17H,4-5,8-9H2,1-3H3. The Morgan fingerprint density at radius 1 is 1.26 bits per heavy atom. The predicted molar refractivity (Wildman–Crippen MR) is 80.9 cm³/mol. The van der Waals surface area contributed by atoms with E-state index in [2.05, 4.69) is 47.2 Å². The summed E-state index contributed by atoms with van der Waals surface area (Å²) in [6.07, 6.45) is 2.77. The topological polar surface area (TPSA) is 30.5 Å². The van der Waals surface area contributed by atoms with Gasteiger partial charge in [0.15, 0.2) is 0 Å². The van der Waals surface area contributed by atoms with Crippen molar-refractivity contribution in [2.45, 2.75) is 38.9 Å². The second-order valence-corrected chi connectivity index (χ2v) is 5.99. The lowest BCUT2D eigenvalue weighted by molar-refractivity contribution is 0.0193. The summed E-state index contributed by atoms with van der Waals surface area (Å²) < 4.78 is 12.9. The number of ether oxygens (including phenoxy) is 2. The maximum absolute atomic E-state index is 5.91. The van der Waals surface area contributed by atoms with Gasteiger partial charge in [0.25, 0.3) is 0 Å². The highest BCUT2D eigenvalue weighted by atomic mass is 79.9. The summed E-state index contributed by atoms with van der Waals surface area (Å²) in [5.41, 5.74) is 2.41. The molecule has 1 saturated heterocycles. The van der Waals surface area contributed by atoms with Crippen molar-refractivity contribution in [1.82, 2.24) is 5.32 Å². The first-order valence-electron chi connectivity index (χ1n) is 6.79. The van der Waals surface area contributed by atoms with Crippen LogP contribution >= 0.6 is 15.9 Å². The molecule has 0 bridgehead atoms. The molecule has 0 saturated carbocycles. The average Bonchev–Trinajstić information content (AvgIpc) is 2.81. The van der Waals surface area contributed by atoms with Gasteiger partial charge in [-0.3, -0.25) is 0 Å². The van der Waals surface area contributed by atoms with Gasteiger partial charge in [0, 0.05) is 11.0 Å². The molecule has 4 heteroatoms. The largest absolute Gasteiger partial charge is 0.491 e. The molecule has 1 aromatic rings. The molecule has 2 atom stereocenters. The summed E-state index contributed by atoms with van der Waals surface area (Å²) in [6, 6.07) is 4.13. The van der Waals surface area contributed by atoms with Crippen LogP contribution in [0, 0.1) is 13.8 Å². The molecule has 0 amide bonds. The Morgan fingerprint density at radius 2 is 1.89 bits per heavy atom. The number of hydrogen-bond acceptors (Lipinski definition) is 3. The third kappa shape index (κ3) is 3.94. The lowest BCUT2D eigenvalue weighted by Crippen LogP contribution is -2.25. The van der Waals surface area contributed by atoms with Gasteiger partial charge in [-0.05, 0) is 57.0 Å². The molecule has 19 heavy (non-hydrogen) atoms. The number of rotatable bonds is 5. The van der Waals surface area contributed by atoms with Gasteiger partial charge in [-0.15, -0.1) is 0 Å². The van der Waals surface area contributed by atoms with Gasteiger partial charge in [-0.1, -0.05) is 15.9 Å². The van der Waals surface area contributed by atoms with E-state index in [0.29, 0.717) is 12.7 Å². The summed E-state index contributed by atoms with van der Waals surface area (Å²) in [5.74, 6) is 0.930. The lowest BCUT2D eigenvalue weighted by atomic mass is 10.1. The Balaban J connectivity index is 1.86. The molecule has 1 N–H and O–H groups in total. The summed E-state index contributed by atoms with van der Waals surface area (Å²) in [6.45, 7) is 5.73. The fourth-order valence-electron chi connectivity index (χ4n) is 2.46. The second kappa shape index (κ2) is 6.73. The Kier molecular flexibility index (Phi) is 5.25. The van der Waals surface area contributed by atoms with Crippen molar-refractivity contribution >= 4 is 15.9 Å². The van der Waals surface area contributed by atoms with Crippen LogP contribution in [-0.2, 0) is 4.74 Å². The number of halogens is 1. The monoisotopic (exact) mass is 327 g/mol. The minimum atomic E-state index is 0.225. The van der Waals surface area contributed by atoms with Gasteiger partial charge in [-0.2, -0.15) is 0 Å². The zero-order chi connectivity index (χ0) is 13.8. The predicted octanol–water partition coefficient (Wildman–Crippen LogP) is 3.21. The third-order valence-electron chi connectivity index (χ3n) is 3.47. The van der Waals surface area contributed by atoms with Gasteiger partial charge in [0.1, 0.15) is 12.4 Å². The molecule has 1 heterocycles. The van der Waals surface area contributed by atoms with Crippen LogP contribution in [0.5, 0.6) is 5.75 Å². The minimum Gasteiger partial charge on any atom is -0.491 e. The van der Waals surface area contributed by atoms with Crippen LogP contribution in [-0.4, -0.2) is 32.4 Å². The average molecular weight is 328 g/mol. The molecule has 0 aliphatic carbocycles. The van der Waals surface area contributed by atoms with Crippen molar-refractivity contribution in [2.75, 3.05) is 20.2 Å². The van der Waals surface area contributed by atoms with Crippen LogP contribution in [0.2, 0.25) is 0 Å². The van der Waals surface area contributed by atoms with Crippen LogP contribution in [0.15, 0.2) is 16.6 Å². The van der Waals surface area contributed by atoms with E-state index in [4.69, 9.17) is 9.47 Å². The van der Waals surface area contributed by atoms with Crippen molar-refractivity contribution in [3.8, 4) is 5.75 Å². The lowest BCUT2D eigenvalue weighted by Gasteiger charge is -2.15. The van der Waals surface area contributed by atoms with Crippen LogP contribution < -0.4 is 10.1 Å². The molecule has 1 aliphatic heterocycles. The Morgan fingerprint density at radius 3 is 2.53 bits per heavy atom. The second-order valence-electron chi connectivity index (χ2n) is 5.20. The number of hydrogen-bond donors (Lipinski definition) is 1. The first-order chi connectivity index (χ1) is 9.10. The van der Waals surface area contributed by atoms with Crippen molar-refractivity contribution < 1.29 is 9.47 Å². The molecule has 106 valence electrons. The van der Waals surface area contributed by atoms with Gasteiger partial charge >= 0.3 is 0 Å². The smallest absolute Gasteiger partial charge is 0.120 e. The van der Waals surface area contributed by atoms with Crippen LogP contribution in [0.1, 0.15) is 24.0 Å². The molecular formula is C15H22BrNO2. The van der Waals surface area contributed by atoms with E-state index in [0.717, 1.165) is 29.6 Å². The van der Waals surface area contributed by atoms with Gasteiger partial charge in [0.05, 0.1) is 12.2 Å². The molecule has 2 rings (SSSR count). The van der Waals surface area contributed by atoms with Gasteiger partial charge < -0.3 is 14.8 Å². The zero-order valence-electron chi connectivity index (χ0n) is 11.8. The van der Waals surface area contributed by atoms with Crippen LogP contribution in [0.25, 0.3) is 0 Å². The molecular weight excluding hydrogens is 306 g/mol. The molecule has 1 aromatic carbocycles. The maximum atomic E-state index is 5.91. The molecule has 1 fully saturated rings. The van der Waals surface area contributed by atoms with Gasteiger partial charge in [0.2, 0.25) is 0 Å². The van der Waals surface area contributed by atoms with Crippen molar-refractivity contribution in [3.05, 3.63) is 27.7 Å². The molecule has 0 aromatic heterocycles. The van der Waals surface area contributed by atoms with E-state index in [1.165, 1.54) is 11.1 Å². The van der Waals surface area contributed by atoms with Crippen molar-refractivity contribution in [1.29, 1.82) is 0 Å². The Bertz CT molecular complexity index is 413. The SMILES string of the molecule is CNCC1CCC(COc2cc(C)c(Br)c(C)c2)O1. The highest BCUT2D eigenvalue weighted by Gasteiger charge is 2.25. The number of likely N-dealkylation sites (N-methyl/N-ethyl adjacent to an activating group) is 1. The fourth-order valence-corrected chi connectivity index (χ4v) is 2.69. The maximum Gasteiger partial charge on any atom is 0.120 e. The van der Waals surface area contributed by atoms with E-state index in [1.807, 2.05) is 7.05 Å². The molecule has 3 nitrogen and oxygen atoms in total. The van der Waals surface area contributed by atoms with Crippen molar-refractivity contribution in [3.63, 3.8) is 0 Å². The normalized spacial score (nSPS) is 22.7. The van der Waals surface area contributed by atoms with Gasteiger partial charge in [-0.25, -0.2) is 0 Å². The zero-order valence-corrected chi connectivity index (χ0v) is 13.4. The molecule has 0 spiro atoms. The van der Waals surface area contributed by atoms with Crippen LogP contribution in [0.4, 0.5) is 0 Å². The van der Waals surface area contributed by atoms with E-state index in [1.54, 1.807) is 0 Å². The van der Waals surface area contributed by atoms with E-state index in [9.17, 15) is 0 Å². The van der Waals surface area contributed by atoms with Crippen LogP contribution in [0.3, 0.4) is 0 Å². The highest BCUT2D eigenvalue weighted by molar-refractivity contribution is 9.10. The highest BCUT2D eigenvalue weighted by Crippen LogP contribution is 2.27. The molecule has 2 unspecified atom stereocenters. The number of benzene rings is 1. The summed E-state index contributed by atoms with van der Waals surface area (Å²) in [4.78, 5) is 0. The summed E-state index contributed by atoms with van der Waals surface area (Å²) in [7, 11) is 1.96. The van der Waals surface area contributed by atoms with E-state index in [-0.39, 0.29) is 6.10 Å². The Labute approximate surface area is 123 Å². The number of nitrogens with one attached hydrogen (secondary N) is 1. The number of aryl methyl sites for hydroxylation is 2. The van der Waals surface area contributed by atoms with E-state index < -0.39 is 0 Å². The molecule has 0 radical (unpaired) electrons. The minimum absolute atomic E-state index is 0.225. The van der Waals surface area contributed by atoms with E-state index >= 15 is 0 Å². The fraction of sp³-hybridized carbons (Fsp3) is 0.600. The third-order valence-corrected chi connectivity index (χ3v) is 4.72. The first kappa shape index (κ1) is 14.8. The van der Waals surface area contributed by atoms with Crippen molar-refractivity contribution in [2.24, 2.45) is 0 Å².